The van der Waals surface area contributed by atoms with E-state index in [0.717, 1.165) is 24.8 Å². The maximum Gasteiger partial charge on any atom is 0.322 e. The van der Waals surface area contributed by atoms with Gasteiger partial charge in [-0.15, -0.1) is 0 Å². The van der Waals surface area contributed by atoms with Gasteiger partial charge in [0.15, 0.2) is 0 Å². The van der Waals surface area contributed by atoms with E-state index in [1.807, 2.05) is 41.1 Å². The fraction of sp³-hybridized carbons (Fsp3) is 0.538. The SMILES string of the molecule is CCCCCCCCCCNC(=O)N[C@@H](Cc1cn(Cc2ccccc2)cn1)C(=O)NCC(=O)O. The molecule has 192 valence electrons. The number of nitrogens with zero attached hydrogens (tertiary/aromatic N) is 2. The molecule has 0 saturated heterocycles. The van der Waals surface area contributed by atoms with Gasteiger partial charge in [0.05, 0.1) is 12.0 Å². The van der Waals surface area contributed by atoms with Gasteiger partial charge in [0.2, 0.25) is 5.91 Å². The summed E-state index contributed by atoms with van der Waals surface area (Å²) in [4.78, 5) is 40.2. The van der Waals surface area contributed by atoms with E-state index in [1.54, 1.807) is 6.33 Å². The third kappa shape index (κ3) is 12.1. The molecule has 1 atom stereocenters. The Morgan fingerprint density at radius 1 is 0.971 bits per heavy atom. The Morgan fingerprint density at radius 2 is 1.66 bits per heavy atom. The number of aromatic nitrogens is 2. The molecular weight excluding hydrogens is 446 g/mol. The van der Waals surface area contributed by atoms with Gasteiger partial charge in [-0.2, -0.15) is 0 Å². The van der Waals surface area contributed by atoms with Crippen molar-refractivity contribution in [1.29, 1.82) is 0 Å². The lowest BCUT2D eigenvalue weighted by atomic mass is 10.1. The van der Waals surface area contributed by atoms with Crippen LogP contribution in [0.4, 0.5) is 4.79 Å². The van der Waals surface area contributed by atoms with Crippen LogP contribution < -0.4 is 16.0 Å². The first-order valence-electron chi connectivity index (χ1n) is 12.6. The van der Waals surface area contributed by atoms with Crippen LogP contribution in [0, 0.1) is 0 Å². The van der Waals surface area contributed by atoms with Crippen molar-refractivity contribution in [3.05, 3.63) is 54.1 Å². The van der Waals surface area contributed by atoms with Crippen LogP contribution in [0.3, 0.4) is 0 Å². The molecule has 4 N–H and O–H groups in total. The molecular formula is C26H39N5O4. The second-order valence-corrected chi connectivity index (χ2v) is 8.77. The van der Waals surface area contributed by atoms with Gasteiger partial charge < -0.3 is 25.6 Å². The van der Waals surface area contributed by atoms with Gasteiger partial charge in [-0.05, 0) is 12.0 Å². The summed E-state index contributed by atoms with van der Waals surface area (Å²) in [6, 6.07) is 8.52. The summed E-state index contributed by atoms with van der Waals surface area (Å²) in [5.41, 5.74) is 1.74. The van der Waals surface area contributed by atoms with Gasteiger partial charge in [0.25, 0.3) is 0 Å². The van der Waals surface area contributed by atoms with Gasteiger partial charge in [0.1, 0.15) is 12.6 Å². The van der Waals surface area contributed by atoms with E-state index in [4.69, 9.17) is 5.11 Å². The molecule has 0 aliphatic rings. The lowest BCUT2D eigenvalue weighted by Gasteiger charge is -2.17. The number of urea groups is 1. The number of carboxylic acid groups (broad SMARTS) is 1. The van der Waals surface area contributed by atoms with Crippen molar-refractivity contribution in [2.24, 2.45) is 0 Å². The molecule has 0 spiro atoms. The molecule has 2 aromatic rings. The molecule has 3 amide bonds. The van der Waals surface area contributed by atoms with Crippen molar-refractivity contribution in [2.45, 2.75) is 77.3 Å². The van der Waals surface area contributed by atoms with Gasteiger partial charge in [-0.1, -0.05) is 82.2 Å². The topological polar surface area (TPSA) is 125 Å². The molecule has 0 fully saturated rings. The minimum Gasteiger partial charge on any atom is -0.480 e. The summed E-state index contributed by atoms with van der Waals surface area (Å²) >= 11 is 0. The molecule has 1 aromatic heterocycles. The molecule has 0 bridgehead atoms. The largest absolute Gasteiger partial charge is 0.480 e. The van der Waals surface area contributed by atoms with Crippen LogP contribution in [-0.2, 0) is 22.6 Å². The number of amides is 3. The Balaban J connectivity index is 1.82. The summed E-state index contributed by atoms with van der Waals surface area (Å²) in [5.74, 6) is -1.71. The van der Waals surface area contributed by atoms with E-state index in [2.05, 4.69) is 27.9 Å². The minimum absolute atomic E-state index is 0.151. The van der Waals surface area contributed by atoms with Crippen LogP contribution in [0.15, 0.2) is 42.9 Å². The van der Waals surface area contributed by atoms with Gasteiger partial charge in [-0.25, -0.2) is 9.78 Å². The van der Waals surface area contributed by atoms with Crippen molar-refractivity contribution >= 4 is 17.9 Å². The number of nitrogens with one attached hydrogen (secondary N) is 3. The first kappa shape index (κ1) is 27.9. The summed E-state index contributed by atoms with van der Waals surface area (Å²) in [7, 11) is 0. The average molecular weight is 486 g/mol. The fourth-order valence-electron chi connectivity index (χ4n) is 3.77. The monoisotopic (exact) mass is 485 g/mol. The second kappa shape index (κ2) is 16.3. The van der Waals surface area contributed by atoms with Crippen molar-refractivity contribution in [1.82, 2.24) is 25.5 Å². The zero-order valence-corrected chi connectivity index (χ0v) is 20.7. The molecule has 2 rings (SSSR count). The number of carbonyl (C=O) groups excluding carboxylic acids is 2. The standard InChI is InChI=1S/C26H39N5O4/c1-2-3-4-5-6-7-8-12-15-27-26(35)30-23(25(34)28-17-24(32)33)16-22-19-31(20-29-22)18-21-13-10-9-11-14-21/h9-11,13-14,19-20,23H,2-8,12,15-18H2,1H3,(H,28,34)(H,32,33)(H2,27,30,35)/t23-/m0/s1. The van der Waals surface area contributed by atoms with E-state index in [-0.39, 0.29) is 6.42 Å². The maximum absolute atomic E-state index is 12.6. The summed E-state index contributed by atoms with van der Waals surface area (Å²) < 4.78 is 1.90. The Bertz CT molecular complexity index is 900. The molecule has 1 aromatic carbocycles. The number of aliphatic carboxylic acids is 1. The highest BCUT2D eigenvalue weighted by molar-refractivity contribution is 5.89. The number of unbranched alkanes of at least 4 members (excludes halogenated alkanes) is 7. The average Bonchev–Trinajstić information content (AvgIpc) is 3.28. The summed E-state index contributed by atoms with van der Waals surface area (Å²) in [5, 5.41) is 16.7. The zero-order chi connectivity index (χ0) is 25.3. The van der Waals surface area contributed by atoms with E-state index in [9.17, 15) is 14.4 Å². The van der Waals surface area contributed by atoms with Crippen LogP contribution >= 0.6 is 0 Å². The van der Waals surface area contributed by atoms with Gasteiger partial charge >= 0.3 is 12.0 Å². The molecule has 9 nitrogen and oxygen atoms in total. The molecule has 0 radical (unpaired) electrons. The molecule has 35 heavy (non-hydrogen) atoms. The molecule has 9 heteroatoms. The van der Waals surface area contributed by atoms with Crippen LogP contribution in [-0.4, -0.2) is 51.7 Å². The Kier molecular flexibility index (Phi) is 13.0. The van der Waals surface area contributed by atoms with Gasteiger partial charge in [0, 0.05) is 25.7 Å². The lowest BCUT2D eigenvalue weighted by molar-refractivity contribution is -0.138. The summed E-state index contributed by atoms with van der Waals surface area (Å²) in [6.45, 7) is 2.85. The zero-order valence-electron chi connectivity index (χ0n) is 20.7. The van der Waals surface area contributed by atoms with Crippen LogP contribution in [0.5, 0.6) is 0 Å². The third-order valence-corrected chi connectivity index (χ3v) is 5.66. The molecule has 0 aliphatic carbocycles. The quantitative estimate of drug-likeness (QED) is 0.255. The molecule has 1 heterocycles. The Morgan fingerprint density at radius 3 is 2.34 bits per heavy atom. The second-order valence-electron chi connectivity index (χ2n) is 8.77. The van der Waals surface area contributed by atoms with Crippen molar-refractivity contribution in [2.75, 3.05) is 13.1 Å². The number of hydrogen-bond acceptors (Lipinski definition) is 4. The number of imidazole rings is 1. The van der Waals surface area contributed by atoms with E-state index >= 15 is 0 Å². The Hall–Kier alpha value is -3.36. The number of benzene rings is 1. The highest BCUT2D eigenvalue weighted by atomic mass is 16.4. The fourth-order valence-corrected chi connectivity index (χ4v) is 3.77. The highest BCUT2D eigenvalue weighted by Crippen LogP contribution is 2.08. The minimum atomic E-state index is -1.15. The first-order chi connectivity index (χ1) is 17.0. The van der Waals surface area contributed by atoms with Crippen LogP contribution in [0.2, 0.25) is 0 Å². The number of carbonyl (C=O) groups is 3. The van der Waals surface area contributed by atoms with E-state index < -0.39 is 30.5 Å². The lowest BCUT2D eigenvalue weighted by Crippen LogP contribution is -2.52. The molecule has 0 aliphatic heterocycles. The van der Waals surface area contributed by atoms with Crippen LogP contribution in [0.1, 0.15) is 69.5 Å². The maximum atomic E-state index is 12.6. The van der Waals surface area contributed by atoms with E-state index in [1.165, 1.54) is 32.1 Å². The van der Waals surface area contributed by atoms with Crippen LogP contribution in [0.25, 0.3) is 0 Å². The number of carboxylic acids is 1. The Labute approximate surface area is 207 Å². The van der Waals surface area contributed by atoms with Crippen molar-refractivity contribution in [3.8, 4) is 0 Å². The third-order valence-electron chi connectivity index (χ3n) is 5.66. The van der Waals surface area contributed by atoms with Crippen molar-refractivity contribution < 1.29 is 19.5 Å². The van der Waals surface area contributed by atoms with Crippen molar-refractivity contribution in [3.63, 3.8) is 0 Å². The predicted molar refractivity (Wildman–Crippen MR) is 135 cm³/mol. The smallest absolute Gasteiger partial charge is 0.322 e. The normalized spacial score (nSPS) is 11.6. The number of rotatable bonds is 17. The highest BCUT2D eigenvalue weighted by Gasteiger charge is 2.22. The van der Waals surface area contributed by atoms with Gasteiger partial charge in [-0.3, -0.25) is 9.59 Å². The predicted octanol–water partition coefficient (Wildman–Crippen LogP) is 3.48. The first-order valence-corrected chi connectivity index (χ1v) is 12.6. The number of hydrogen-bond donors (Lipinski definition) is 4. The summed E-state index contributed by atoms with van der Waals surface area (Å²) in [6.07, 6.45) is 13.0. The molecule has 0 saturated carbocycles. The van der Waals surface area contributed by atoms with E-state index in [0.29, 0.717) is 18.8 Å². The molecule has 0 unspecified atom stereocenters.